The van der Waals surface area contributed by atoms with E-state index in [4.69, 9.17) is 0 Å². The van der Waals surface area contributed by atoms with Crippen molar-refractivity contribution in [3.8, 4) is 0 Å². The van der Waals surface area contributed by atoms with Crippen LogP contribution in [-0.4, -0.2) is 5.78 Å². The maximum atomic E-state index is 13.7. The van der Waals surface area contributed by atoms with E-state index < -0.39 is 17.6 Å². The van der Waals surface area contributed by atoms with E-state index in [1.54, 1.807) is 0 Å². The molecule has 0 bridgehead atoms. The van der Waals surface area contributed by atoms with E-state index >= 15 is 0 Å². The van der Waals surface area contributed by atoms with Crippen molar-refractivity contribution in [1.29, 1.82) is 0 Å². The molecule has 0 atom stereocenters. The van der Waals surface area contributed by atoms with Crippen LogP contribution in [0.5, 0.6) is 0 Å². The molecule has 0 N–H and O–H groups in total. The lowest BCUT2D eigenvalue weighted by molar-refractivity contribution is -0.137. The summed E-state index contributed by atoms with van der Waals surface area (Å²) in [6.45, 7) is 0. The number of carbonyl (C=O) groups is 1. The number of Topliss-reactive ketones (excluding diaryl/α,β-unsaturated/α-hetero) is 1. The van der Waals surface area contributed by atoms with Crippen LogP contribution < -0.4 is 0 Å². The van der Waals surface area contributed by atoms with Gasteiger partial charge in [0.2, 0.25) is 0 Å². The van der Waals surface area contributed by atoms with Crippen molar-refractivity contribution in [3.63, 3.8) is 0 Å². The molecule has 1 fully saturated rings. The van der Waals surface area contributed by atoms with Gasteiger partial charge in [0, 0.05) is 12.8 Å². The molecule has 98 valence electrons. The molecule has 5 heteroatoms. The van der Waals surface area contributed by atoms with E-state index in [-0.39, 0.29) is 17.3 Å². The lowest BCUT2D eigenvalue weighted by Crippen LogP contribution is -2.14. The fraction of sp³-hybridized carbons (Fsp3) is 0.462. The van der Waals surface area contributed by atoms with E-state index in [0.29, 0.717) is 31.7 Å². The summed E-state index contributed by atoms with van der Waals surface area (Å²) in [4.78, 5) is 11.1. The zero-order chi connectivity index (χ0) is 13.3. The van der Waals surface area contributed by atoms with Crippen LogP contribution in [0, 0.1) is 5.82 Å². The maximum Gasteiger partial charge on any atom is 0.416 e. The smallest absolute Gasteiger partial charge is 0.300 e. The number of hydrogen-bond acceptors (Lipinski definition) is 1. The molecule has 0 radical (unpaired) electrons. The van der Waals surface area contributed by atoms with Crippen molar-refractivity contribution in [2.24, 2.45) is 0 Å². The first-order valence-electron chi connectivity index (χ1n) is 5.76. The van der Waals surface area contributed by atoms with Gasteiger partial charge >= 0.3 is 6.18 Å². The van der Waals surface area contributed by atoms with Crippen LogP contribution in [0.15, 0.2) is 18.2 Å². The van der Waals surface area contributed by atoms with Gasteiger partial charge in [-0.2, -0.15) is 13.2 Å². The first kappa shape index (κ1) is 13.1. The predicted molar refractivity (Wildman–Crippen MR) is 57.6 cm³/mol. The summed E-state index contributed by atoms with van der Waals surface area (Å²) in [5.41, 5.74) is -0.689. The fourth-order valence-electron chi connectivity index (χ4n) is 2.29. The van der Waals surface area contributed by atoms with Gasteiger partial charge in [0.25, 0.3) is 0 Å². The Morgan fingerprint density at radius 1 is 1.11 bits per heavy atom. The number of rotatable bonds is 1. The van der Waals surface area contributed by atoms with Gasteiger partial charge in [0.1, 0.15) is 11.6 Å². The van der Waals surface area contributed by atoms with E-state index in [2.05, 4.69) is 0 Å². The second-order valence-electron chi connectivity index (χ2n) is 4.55. The topological polar surface area (TPSA) is 17.1 Å². The number of benzene rings is 1. The highest BCUT2D eigenvalue weighted by molar-refractivity contribution is 5.79. The molecular weight excluding hydrogens is 248 g/mol. The first-order chi connectivity index (χ1) is 8.38. The summed E-state index contributed by atoms with van der Waals surface area (Å²) in [5.74, 6) is -0.840. The largest absolute Gasteiger partial charge is 0.416 e. The molecule has 0 aromatic heterocycles. The molecule has 0 saturated heterocycles. The average molecular weight is 260 g/mol. The monoisotopic (exact) mass is 260 g/mol. The molecule has 1 nitrogen and oxygen atoms in total. The van der Waals surface area contributed by atoms with Crippen LogP contribution in [0.3, 0.4) is 0 Å². The lowest BCUT2D eigenvalue weighted by Gasteiger charge is -2.22. The highest BCUT2D eigenvalue weighted by atomic mass is 19.4. The van der Waals surface area contributed by atoms with Crippen molar-refractivity contribution in [2.45, 2.75) is 37.8 Å². The molecule has 1 aromatic rings. The minimum Gasteiger partial charge on any atom is -0.300 e. The summed E-state index contributed by atoms with van der Waals surface area (Å²) < 4.78 is 50.8. The molecule has 0 spiro atoms. The molecule has 18 heavy (non-hydrogen) atoms. The second-order valence-corrected chi connectivity index (χ2v) is 4.55. The van der Waals surface area contributed by atoms with Gasteiger partial charge in [-0.1, -0.05) is 6.07 Å². The Morgan fingerprint density at radius 2 is 1.72 bits per heavy atom. The van der Waals surface area contributed by atoms with Crippen LogP contribution >= 0.6 is 0 Å². The zero-order valence-corrected chi connectivity index (χ0v) is 9.56. The van der Waals surface area contributed by atoms with Gasteiger partial charge < -0.3 is 0 Å². The minimum absolute atomic E-state index is 0.138. The van der Waals surface area contributed by atoms with Crippen LogP contribution in [0.2, 0.25) is 0 Å². The third-order valence-electron chi connectivity index (χ3n) is 3.31. The standard InChI is InChI=1S/C13H12F4O/c14-12-7-9(13(15,16)17)3-6-11(12)8-1-4-10(18)5-2-8/h3,6-8H,1-2,4-5H2. The van der Waals surface area contributed by atoms with Crippen LogP contribution in [-0.2, 0) is 11.0 Å². The van der Waals surface area contributed by atoms with Crippen molar-refractivity contribution >= 4 is 5.78 Å². The van der Waals surface area contributed by atoms with Gasteiger partial charge in [-0.15, -0.1) is 0 Å². The van der Waals surface area contributed by atoms with Crippen LogP contribution in [0.1, 0.15) is 42.7 Å². The number of hydrogen-bond donors (Lipinski definition) is 0. The van der Waals surface area contributed by atoms with E-state index in [0.717, 1.165) is 6.07 Å². The summed E-state index contributed by atoms with van der Waals surface area (Å²) in [7, 11) is 0. The summed E-state index contributed by atoms with van der Waals surface area (Å²) >= 11 is 0. The summed E-state index contributed by atoms with van der Waals surface area (Å²) in [5, 5.41) is 0. The Morgan fingerprint density at radius 3 is 2.22 bits per heavy atom. The van der Waals surface area contributed by atoms with Crippen molar-refractivity contribution in [2.75, 3.05) is 0 Å². The first-order valence-corrected chi connectivity index (χ1v) is 5.76. The van der Waals surface area contributed by atoms with E-state index in [1.165, 1.54) is 6.07 Å². The minimum atomic E-state index is -4.53. The normalized spacial score (nSPS) is 18.1. The van der Waals surface area contributed by atoms with Gasteiger partial charge in [0.15, 0.2) is 0 Å². The lowest BCUT2D eigenvalue weighted by atomic mass is 9.83. The third-order valence-corrected chi connectivity index (χ3v) is 3.31. The second kappa shape index (κ2) is 4.71. The molecule has 1 aliphatic carbocycles. The Kier molecular flexibility index (Phi) is 3.41. The van der Waals surface area contributed by atoms with Crippen molar-refractivity contribution in [3.05, 3.63) is 35.1 Å². The Bertz CT molecular complexity index is 455. The highest BCUT2D eigenvalue weighted by Crippen LogP contribution is 2.36. The molecule has 1 aliphatic rings. The molecule has 1 aromatic carbocycles. The number of halogens is 4. The molecule has 0 aliphatic heterocycles. The Balaban J connectivity index is 2.22. The molecule has 0 amide bonds. The van der Waals surface area contributed by atoms with Gasteiger partial charge in [-0.3, -0.25) is 4.79 Å². The van der Waals surface area contributed by atoms with E-state index in [1.807, 2.05) is 0 Å². The molecule has 0 unspecified atom stereocenters. The molecular formula is C13H12F4O. The Hall–Kier alpha value is -1.39. The Labute approximate surface area is 102 Å². The SMILES string of the molecule is O=C1CCC(c2ccc(C(F)(F)F)cc2F)CC1. The number of carbonyl (C=O) groups excluding carboxylic acids is 1. The third kappa shape index (κ3) is 2.71. The van der Waals surface area contributed by atoms with Crippen molar-refractivity contribution in [1.82, 2.24) is 0 Å². The van der Waals surface area contributed by atoms with Gasteiger partial charge in [0.05, 0.1) is 5.56 Å². The van der Waals surface area contributed by atoms with Crippen molar-refractivity contribution < 1.29 is 22.4 Å². The fourth-order valence-corrected chi connectivity index (χ4v) is 2.29. The summed E-state index contributed by atoms with van der Waals surface area (Å²) in [6, 6.07) is 2.62. The molecule has 0 heterocycles. The zero-order valence-electron chi connectivity index (χ0n) is 9.56. The highest BCUT2D eigenvalue weighted by Gasteiger charge is 2.32. The quantitative estimate of drug-likeness (QED) is 0.695. The molecule has 2 rings (SSSR count). The van der Waals surface area contributed by atoms with Gasteiger partial charge in [-0.05, 0) is 36.5 Å². The molecule has 1 saturated carbocycles. The van der Waals surface area contributed by atoms with Crippen LogP contribution in [0.25, 0.3) is 0 Å². The maximum absolute atomic E-state index is 13.7. The van der Waals surface area contributed by atoms with Crippen LogP contribution in [0.4, 0.5) is 17.6 Å². The van der Waals surface area contributed by atoms with E-state index in [9.17, 15) is 22.4 Å². The van der Waals surface area contributed by atoms with Gasteiger partial charge in [-0.25, -0.2) is 4.39 Å². The summed E-state index contributed by atoms with van der Waals surface area (Å²) in [6.07, 6.45) is -2.74. The average Bonchev–Trinajstić information content (AvgIpc) is 2.29. The number of alkyl halides is 3. The number of ketones is 1. The predicted octanol–water partition coefficient (Wildman–Crippen LogP) is 4.07.